The molecule has 0 bridgehead atoms. The normalized spacial score (nSPS) is 10.9. The summed E-state index contributed by atoms with van der Waals surface area (Å²) in [7, 11) is 0. The van der Waals surface area contributed by atoms with Crippen LogP contribution in [-0.4, -0.2) is 10.1 Å². The summed E-state index contributed by atoms with van der Waals surface area (Å²) in [5.74, 6) is 0.431. The van der Waals surface area contributed by atoms with Crippen LogP contribution in [0.1, 0.15) is 12.6 Å². The SMILES string of the molecule is CCc1cc(-c2ccc3c(N)noc3c2)ccn1. The lowest BCUT2D eigenvalue weighted by Gasteiger charge is -2.03. The largest absolute Gasteiger partial charge is 0.380 e. The molecule has 0 aliphatic carbocycles. The Bertz CT molecular complexity index is 703. The zero-order chi connectivity index (χ0) is 12.5. The molecule has 2 heterocycles. The Morgan fingerprint density at radius 1 is 1.17 bits per heavy atom. The Balaban J connectivity index is 2.13. The van der Waals surface area contributed by atoms with Crippen molar-refractivity contribution in [1.29, 1.82) is 0 Å². The van der Waals surface area contributed by atoms with E-state index in [9.17, 15) is 0 Å². The van der Waals surface area contributed by atoms with Gasteiger partial charge in [0.25, 0.3) is 0 Å². The molecule has 3 rings (SSSR count). The molecule has 2 N–H and O–H groups in total. The summed E-state index contributed by atoms with van der Waals surface area (Å²) in [5, 5.41) is 4.61. The van der Waals surface area contributed by atoms with E-state index in [2.05, 4.69) is 23.1 Å². The topological polar surface area (TPSA) is 64.9 Å². The van der Waals surface area contributed by atoms with Crippen molar-refractivity contribution in [3.05, 3.63) is 42.2 Å². The van der Waals surface area contributed by atoms with Gasteiger partial charge in [-0.1, -0.05) is 18.1 Å². The molecule has 0 aliphatic heterocycles. The second kappa shape index (κ2) is 4.14. The van der Waals surface area contributed by atoms with Gasteiger partial charge in [0, 0.05) is 11.9 Å². The van der Waals surface area contributed by atoms with Gasteiger partial charge in [0.15, 0.2) is 11.4 Å². The first-order valence-electron chi connectivity index (χ1n) is 5.88. The number of anilines is 1. The molecule has 0 amide bonds. The fourth-order valence-corrected chi connectivity index (χ4v) is 1.99. The molecule has 0 aliphatic rings. The molecule has 1 aromatic carbocycles. The molecular formula is C14H13N3O. The monoisotopic (exact) mass is 239 g/mol. The molecule has 18 heavy (non-hydrogen) atoms. The van der Waals surface area contributed by atoms with Crippen LogP contribution in [-0.2, 0) is 6.42 Å². The zero-order valence-electron chi connectivity index (χ0n) is 10.1. The Morgan fingerprint density at radius 2 is 2.00 bits per heavy atom. The van der Waals surface area contributed by atoms with Gasteiger partial charge in [-0.15, -0.1) is 0 Å². The Morgan fingerprint density at radius 3 is 2.83 bits per heavy atom. The second-order valence-electron chi connectivity index (χ2n) is 4.17. The van der Waals surface area contributed by atoms with Crippen LogP contribution in [0.3, 0.4) is 0 Å². The van der Waals surface area contributed by atoms with Crippen LogP contribution in [0.5, 0.6) is 0 Å². The highest BCUT2D eigenvalue weighted by Gasteiger charge is 2.07. The van der Waals surface area contributed by atoms with Crippen molar-refractivity contribution in [2.45, 2.75) is 13.3 Å². The van der Waals surface area contributed by atoms with Crippen molar-refractivity contribution >= 4 is 16.8 Å². The highest BCUT2D eigenvalue weighted by atomic mass is 16.5. The fourth-order valence-electron chi connectivity index (χ4n) is 1.99. The number of aromatic nitrogens is 2. The Hall–Kier alpha value is -2.36. The van der Waals surface area contributed by atoms with Crippen LogP contribution in [0.2, 0.25) is 0 Å². The minimum Gasteiger partial charge on any atom is -0.380 e. The molecule has 0 radical (unpaired) electrons. The number of nitrogens with two attached hydrogens (primary N) is 1. The number of fused-ring (bicyclic) bond motifs is 1. The molecule has 0 saturated heterocycles. The van der Waals surface area contributed by atoms with E-state index in [4.69, 9.17) is 10.3 Å². The van der Waals surface area contributed by atoms with E-state index in [0.717, 1.165) is 28.6 Å². The molecule has 0 fully saturated rings. The van der Waals surface area contributed by atoms with Gasteiger partial charge < -0.3 is 10.3 Å². The molecule has 0 saturated carbocycles. The van der Waals surface area contributed by atoms with Crippen LogP contribution >= 0.6 is 0 Å². The lowest BCUT2D eigenvalue weighted by atomic mass is 10.0. The summed E-state index contributed by atoms with van der Waals surface area (Å²) in [5.41, 5.74) is 9.68. The highest BCUT2D eigenvalue weighted by Crippen LogP contribution is 2.27. The van der Waals surface area contributed by atoms with E-state index in [0.29, 0.717) is 11.4 Å². The predicted octanol–water partition coefficient (Wildman–Crippen LogP) is 3.03. The van der Waals surface area contributed by atoms with Crippen molar-refractivity contribution in [2.75, 3.05) is 5.73 Å². The number of benzene rings is 1. The van der Waals surface area contributed by atoms with Gasteiger partial charge >= 0.3 is 0 Å². The number of aryl methyl sites for hydroxylation is 1. The number of hydrogen-bond acceptors (Lipinski definition) is 4. The molecule has 4 heteroatoms. The number of nitrogens with zero attached hydrogens (tertiary/aromatic N) is 2. The summed E-state index contributed by atoms with van der Waals surface area (Å²) in [6.07, 6.45) is 2.75. The van der Waals surface area contributed by atoms with Crippen molar-refractivity contribution in [1.82, 2.24) is 10.1 Å². The standard InChI is InChI=1S/C14H13N3O/c1-2-11-7-10(5-6-16-11)9-3-4-12-13(8-9)18-17-14(12)15/h3-8H,2H2,1H3,(H2,15,17). The number of rotatable bonds is 2. The van der Waals surface area contributed by atoms with E-state index in [1.807, 2.05) is 30.5 Å². The van der Waals surface area contributed by atoms with Gasteiger partial charge in [-0.2, -0.15) is 0 Å². The van der Waals surface area contributed by atoms with Gasteiger partial charge in [-0.25, -0.2) is 0 Å². The predicted molar refractivity (Wildman–Crippen MR) is 71.0 cm³/mol. The minimum absolute atomic E-state index is 0.431. The molecule has 2 aromatic heterocycles. The molecular weight excluding hydrogens is 226 g/mol. The molecule has 0 unspecified atom stereocenters. The van der Waals surface area contributed by atoms with Gasteiger partial charge in [0.2, 0.25) is 0 Å². The zero-order valence-corrected chi connectivity index (χ0v) is 10.1. The minimum atomic E-state index is 0.431. The van der Waals surface area contributed by atoms with E-state index in [1.165, 1.54) is 0 Å². The van der Waals surface area contributed by atoms with E-state index in [-0.39, 0.29) is 0 Å². The first-order valence-corrected chi connectivity index (χ1v) is 5.88. The third-order valence-corrected chi connectivity index (χ3v) is 3.01. The Kier molecular flexibility index (Phi) is 2.48. The average Bonchev–Trinajstić information content (AvgIpc) is 2.80. The van der Waals surface area contributed by atoms with Crippen molar-refractivity contribution in [3.63, 3.8) is 0 Å². The lowest BCUT2D eigenvalue weighted by Crippen LogP contribution is -1.87. The quantitative estimate of drug-likeness (QED) is 0.746. The third-order valence-electron chi connectivity index (χ3n) is 3.01. The van der Waals surface area contributed by atoms with Crippen LogP contribution in [0.25, 0.3) is 22.1 Å². The molecule has 0 spiro atoms. The highest BCUT2D eigenvalue weighted by molar-refractivity contribution is 5.90. The van der Waals surface area contributed by atoms with E-state index < -0.39 is 0 Å². The fraction of sp³-hybridized carbons (Fsp3) is 0.143. The summed E-state index contributed by atoms with van der Waals surface area (Å²) < 4.78 is 5.18. The van der Waals surface area contributed by atoms with Crippen LogP contribution < -0.4 is 5.73 Å². The van der Waals surface area contributed by atoms with Crippen molar-refractivity contribution < 1.29 is 4.52 Å². The lowest BCUT2D eigenvalue weighted by molar-refractivity contribution is 0.460. The maximum atomic E-state index is 5.70. The molecule has 4 nitrogen and oxygen atoms in total. The van der Waals surface area contributed by atoms with Crippen molar-refractivity contribution in [3.8, 4) is 11.1 Å². The second-order valence-corrected chi connectivity index (χ2v) is 4.17. The Labute approximate surface area is 104 Å². The van der Waals surface area contributed by atoms with Crippen molar-refractivity contribution in [2.24, 2.45) is 0 Å². The first kappa shape index (κ1) is 10.8. The molecule has 90 valence electrons. The summed E-state index contributed by atoms with van der Waals surface area (Å²) in [6.45, 7) is 2.09. The summed E-state index contributed by atoms with van der Waals surface area (Å²) in [4.78, 5) is 4.29. The smallest absolute Gasteiger partial charge is 0.174 e. The maximum Gasteiger partial charge on any atom is 0.174 e. The van der Waals surface area contributed by atoms with Crippen LogP contribution in [0.4, 0.5) is 5.82 Å². The first-order chi connectivity index (χ1) is 8.78. The number of nitrogen functional groups attached to an aromatic ring is 1. The van der Waals surface area contributed by atoms with Gasteiger partial charge in [0.05, 0.1) is 5.39 Å². The number of pyridine rings is 1. The van der Waals surface area contributed by atoms with E-state index >= 15 is 0 Å². The molecule has 0 atom stereocenters. The van der Waals surface area contributed by atoms with Crippen LogP contribution in [0, 0.1) is 0 Å². The van der Waals surface area contributed by atoms with Crippen LogP contribution in [0.15, 0.2) is 41.1 Å². The van der Waals surface area contributed by atoms with Gasteiger partial charge in [-0.3, -0.25) is 4.98 Å². The summed E-state index contributed by atoms with van der Waals surface area (Å²) in [6, 6.07) is 9.97. The summed E-state index contributed by atoms with van der Waals surface area (Å²) >= 11 is 0. The van der Waals surface area contributed by atoms with Gasteiger partial charge in [0.1, 0.15) is 0 Å². The van der Waals surface area contributed by atoms with E-state index in [1.54, 1.807) is 0 Å². The average molecular weight is 239 g/mol. The molecule has 3 aromatic rings. The maximum absolute atomic E-state index is 5.70. The van der Waals surface area contributed by atoms with Gasteiger partial charge in [-0.05, 0) is 41.8 Å². The third kappa shape index (κ3) is 1.72. The number of hydrogen-bond donors (Lipinski definition) is 1.